The zero-order valence-corrected chi connectivity index (χ0v) is 12.2. The van der Waals surface area contributed by atoms with Crippen molar-refractivity contribution in [3.05, 3.63) is 12.2 Å². The van der Waals surface area contributed by atoms with Crippen LogP contribution in [0.5, 0.6) is 0 Å². The predicted octanol–water partition coefficient (Wildman–Crippen LogP) is 2.60. The standard InChI is InChI=1S/C16H25NO3/c1-2-11-8-13(14(9-11)16(19)20)15(18)17-10-12-6-4-3-5-7-12/h3-4,11-14H,2,5-10H2,1H3,(H,17,18)(H,19,20). The van der Waals surface area contributed by atoms with E-state index in [0.29, 0.717) is 24.8 Å². The van der Waals surface area contributed by atoms with Gasteiger partial charge in [0.1, 0.15) is 0 Å². The maximum absolute atomic E-state index is 12.3. The summed E-state index contributed by atoms with van der Waals surface area (Å²) in [4.78, 5) is 23.6. The van der Waals surface area contributed by atoms with Crippen molar-refractivity contribution in [1.29, 1.82) is 0 Å². The van der Waals surface area contributed by atoms with Gasteiger partial charge in [-0.05, 0) is 43.9 Å². The van der Waals surface area contributed by atoms with Crippen LogP contribution >= 0.6 is 0 Å². The van der Waals surface area contributed by atoms with Crippen molar-refractivity contribution in [2.75, 3.05) is 6.54 Å². The van der Waals surface area contributed by atoms with Crippen molar-refractivity contribution in [1.82, 2.24) is 5.32 Å². The Labute approximate surface area is 120 Å². The molecule has 1 saturated carbocycles. The first kappa shape index (κ1) is 15.1. The molecule has 0 aromatic carbocycles. The fourth-order valence-electron chi connectivity index (χ4n) is 3.46. The van der Waals surface area contributed by atoms with Crippen LogP contribution in [0.2, 0.25) is 0 Å². The number of hydrogen-bond acceptors (Lipinski definition) is 2. The van der Waals surface area contributed by atoms with Crippen LogP contribution < -0.4 is 5.32 Å². The molecular weight excluding hydrogens is 254 g/mol. The van der Waals surface area contributed by atoms with Crippen LogP contribution in [-0.2, 0) is 9.59 Å². The van der Waals surface area contributed by atoms with Crippen LogP contribution in [-0.4, -0.2) is 23.5 Å². The van der Waals surface area contributed by atoms with Gasteiger partial charge in [0.15, 0.2) is 0 Å². The number of carboxylic acid groups (broad SMARTS) is 1. The fourth-order valence-corrected chi connectivity index (χ4v) is 3.46. The van der Waals surface area contributed by atoms with Gasteiger partial charge >= 0.3 is 5.97 Å². The van der Waals surface area contributed by atoms with Gasteiger partial charge in [-0.15, -0.1) is 0 Å². The number of carboxylic acids is 1. The SMILES string of the molecule is CCC1CC(C(=O)O)C(C(=O)NCC2CC=CCC2)C1. The Kier molecular flexibility index (Phi) is 5.21. The number of rotatable bonds is 5. The first-order valence-corrected chi connectivity index (χ1v) is 7.77. The van der Waals surface area contributed by atoms with Gasteiger partial charge in [0.25, 0.3) is 0 Å². The van der Waals surface area contributed by atoms with E-state index in [4.69, 9.17) is 0 Å². The average molecular weight is 279 g/mol. The first-order chi connectivity index (χ1) is 9.61. The van der Waals surface area contributed by atoms with Crippen molar-refractivity contribution in [3.63, 3.8) is 0 Å². The molecule has 2 rings (SSSR count). The van der Waals surface area contributed by atoms with Gasteiger partial charge < -0.3 is 10.4 Å². The molecule has 0 aromatic rings. The Bertz CT molecular complexity index is 391. The predicted molar refractivity (Wildman–Crippen MR) is 77.1 cm³/mol. The lowest BCUT2D eigenvalue weighted by molar-refractivity contribution is -0.146. The van der Waals surface area contributed by atoms with Gasteiger partial charge in [0.05, 0.1) is 11.8 Å². The summed E-state index contributed by atoms with van der Waals surface area (Å²) >= 11 is 0. The maximum atomic E-state index is 12.3. The molecule has 0 bridgehead atoms. The molecule has 112 valence electrons. The van der Waals surface area contributed by atoms with Crippen LogP contribution in [0.4, 0.5) is 0 Å². The van der Waals surface area contributed by atoms with Crippen molar-refractivity contribution < 1.29 is 14.7 Å². The maximum Gasteiger partial charge on any atom is 0.307 e. The molecule has 0 heterocycles. The summed E-state index contributed by atoms with van der Waals surface area (Å²) < 4.78 is 0. The van der Waals surface area contributed by atoms with Crippen LogP contribution in [0.3, 0.4) is 0 Å². The number of nitrogens with one attached hydrogen (secondary N) is 1. The number of carbonyl (C=O) groups is 2. The summed E-state index contributed by atoms with van der Waals surface area (Å²) in [7, 11) is 0. The highest BCUT2D eigenvalue weighted by atomic mass is 16.4. The summed E-state index contributed by atoms with van der Waals surface area (Å²) in [5.41, 5.74) is 0. The Balaban J connectivity index is 1.86. The monoisotopic (exact) mass is 279 g/mol. The molecular formula is C16H25NO3. The van der Waals surface area contributed by atoms with Crippen LogP contribution in [0.15, 0.2) is 12.2 Å². The Morgan fingerprint density at radius 2 is 1.95 bits per heavy atom. The second kappa shape index (κ2) is 6.91. The van der Waals surface area contributed by atoms with E-state index in [2.05, 4.69) is 24.4 Å². The third-order valence-corrected chi connectivity index (χ3v) is 4.83. The van der Waals surface area contributed by atoms with E-state index >= 15 is 0 Å². The number of carbonyl (C=O) groups excluding carboxylic acids is 1. The minimum Gasteiger partial charge on any atom is -0.481 e. The number of aliphatic carboxylic acids is 1. The van der Waals surface area contributed by atoms with E-state index < -0.39 is 11.9 Å². The average Bonchev–Trinajstić information content (AvgIpc) is 2.90. The van der Waals surface area contributed by atoms with Gasteiger partial charge in [0, 0.05) is 6.54 Å². The molecule has 4 nitrogen and oxygen atoms in total. The summed E-state index contributed by atoms with van der Waals surface area (Å²) in [5.74, 6) is -0.813. The molecule has 1 fully saturated rings. The van der Waals surface area contributed by atoms with Gasteiger partial charge in [-0.1, -0.05) is 25.5 Å². The van der Waals surface area contributed by atoms with Crippen LogP contribution in [0.25, 0.3) is 0 Å². The number of hydrogen-bond donors (Lipinski definition) is 2. The molecule has 4 heteroatoms. The molecule has 20 heavy (non-hydrogen) atoms. The molecule has 4 unspecified atom stereocenters. The lowest BCUT2D eigenvalue weighted by atomic mass is 9.92. The van der Waals surface area contributed by atoms with Gasteiger partial charge in [-0.2, -0.15) is 0 Å². The summed E-state index contributed by atoms with van der Waals surface area (Å²) in [6.07, 6.45) is 9.90. The molecule has 0 saturated heterocycles. The highest BCUT2D eigenvalue weighted by Crippen LogP contribution is 2.38. The quantitative estimate of drug-likeness (QED) is 0.760. The van der Waals surface area contributed by atoms with Gasteiger partial charge in [-0.25, -0.2) is 0 Å². The molecule has 0 radical (unpaired) electrons. The van der Waals surface area contributed by atoms with E-state index in [-0.39, 0.29) is 11.8 Å². The molecule has 2 aliphatic rings. The molecule has 2 aliphatic carbocycles. The largest absolute Gasteiger partial charge is 0.481 e. The van der Waals surface area contributed by atoms with E-state index in [1.165, 1.54) is 0 Å². The second-order valence-corrected chi connectivity index (χ2v) is 6.19. The summed E-state index contributed by atoms with van der Waals surface area (Å²) in [5, 5.41) is 12.3. The van der Waals surface area contributed by atoms with Gasteiger partial charge in [0.2, 0.25) is 5.91 Å². The molecule has 2 N–H and O–H groups in total. The normalized spacial score (nSPS) is 33.0. The van der Waals surface area contributed by atoms with Crippen molar-refractivity contribution in [3.8, 4) is 0 Å². The highest BCUT2D eigenvalue weighted by Gasteiger charge is 2.42. The fraction of sp³-hybridized carbons (Fsp3) is 0.750. The summed E-state index contributed by atoms with van der Waals surface area (Å²) in [6, 6.07) is 0. The zero-order valence-electron chi connectivity index (χ0n) is 12.2. The third kappa shape index (κ3) is 3.62. The minimum atomic E-state index is -0.818. The van der Waals surface area contributed by atoms with Gasteiger partial charge in [-0.3, -0.25) is 9.59 Å². The number of allylic oxidation sites excluding steroid dienone is 2. The van der Waals surface area contributed by atoms with Crippen LogP contribution in [0.1, 0.15) is 45.4 Å². The topological polar surface area (TPSA) is 66.4 Å². The number of amides is 1. The molecule has 1 amide bonds. The molecule has 4 atom stereocenters. The lowest BCUT2D eigenvalue weighted by Crippen LogP contribution is -2.37. The van der Waals surface area contributed by atoms with Crippen molar-refractivity contribution >= 4 is 11.9 Å². The Morgan fingerprint density at radius 1 is 1.20 bits per heavy atom. The van der Waals surface area contributed by atoms with E-state index in [1.807, 2.05) is 0 Å². The third-order valence-electron chi connectivity index (χ3n) is 4.83. The van der Waals surface area contributed by atoms with Crippen molar-refractivity contribution in [2.24, 2.45) is 23.7 Å². The molecule has 0 spiro atoms. The first-order valence-electron chi connectivity index (χ1n) is 7.77. The van der Waals surface area contributed by atoms with Crippen molar-refractivity contribution in [2.45, 2.75) is 45.4 Å². The minimum absolute atomic E-state index is 0.0529. The van der Waals surface area contributed by atoms with E-state index in [1.54, 1.807) is 0 Å². The van der Waals surface area contributed by atoms with Crippen LogP contribution in [0, 0.1) is 23.7 Å². The molecule has 0 aliphatic heterocycles. The molecule has 0 aromatic heterocycles. The highest BCUT2D eigenvalue weighted by molar-refractivity contribution is 5.85. The Morgan fingerprint density at radius 3 is 2.55 bits per heavy atom. The summed E-state index contributed by atoms with van der Waals surface area (Å²) in [6.45, 7) is 2.75. The second-order valence-electron chi connectivity index (χ2n) is 6.19. The van der Waals surface area contributed by atoms with E-state index in [0.717, 1.165) is 32.1 Å². The smallest absolute Gasteiger partial charge is 0.307 e. The van der Waals surface area contributed by atoms with E-state index in [9.17, 15) is 14.7 Å². The Hall–Kier alpha value is -1.32. The zero-order chi connectivity index (χ0) is 14.5. The lowest BCUT2D eigenvalue weighted by Gasteiger charge is -2.21.